The molecule has 2 nitrogen and oxygen atoms in total. The molecule has 0 spiro atoms. The topological polar surface area (TPSA) is 32.3 Å². The van der Waals surface area contributed by atoms with Crippen molar-refractivity contribution in [2.45, 2.75) is 24.8 Å². The third kappa shape index (κ3) is 1.99. The standard InChI is InChI=1S/C6H12BNO/c7-5-1-3-8-4-2-6(5)9/h5-6,8-9H,1-4H2/t5-,6-/m0/s1. The highest BCUT2D eigenvalue weighted by atomic mass is 16.3. The van der Waals surface area contributed by atoms with Gasteiger partial charge in [0.15, 0.2) is 0 Å². The number of hydrogen-bond acceptors (Lipinski definition) is 2. The van der Waals surface area contributed by atoms with E-state index in [9.17, 15) is 5.11 Å². The second-order valence-electron chi connectivity index (χ2n) is 2.56. The van der Waals surface area contributed by atoms with Gasteiger partial charge in [-0.05, 0) is 25.9 Å². The minimum Gasteiger partial charge on any atom is -0.394 e. The largest absolute Gasteiger partial charge is 0.394 e. The van der Waals surface area contributed by atoms with Gasteiger partial charge in [-0.1, -0.05) is 5.82 Å². The molecule has 1 aliphatic rings. The molecule has 0 bridgehead atoms. The van der Waals surface area contributed by atoms with E-state index in [0.29, 0.717) is 0 Å². The number of hydrogen-bond donors (Lipinski definition) is 2. The Labute approximate surface area is 57.1 Å². The smallest absolute Gasteiger partial charge is 0.0735 e. The van der Waals surface area contributed by atoms with Crippen molar-refractivity contribution < 1.29 is 5.11 Å². The molecule has 0 amide bonds. The second-order valence-corrected chi connectivity index (χ2v) is 2.56. The summed E-state index contributed by atoms with van der Waals surface area (Å²) in [7, 11) is 5.59. The van der Waals surface area contributed by atoms with Gasteiger partial charge >= 0.3 is 0 Å². The van der Waals surface area contributed by atoms with Gasteiger partial charge in [-0.25, -0.2) is 0 Å². The minimum atomic E-state index is -0.292. The first-order valence-electron chi connectivity index (χ1n) is 3.45. The molecule has 1 fully saturated rings. The molecule has 0 aromatic heterocycles. The maximum absolute atomic E-state index is 9.19. The Morgan fingerprint density at radius 2 is 2.00 bits per heavy atom. The van der Waals surface area contributed by atoms with Gasteiger partial charge in [0, 0.05) is 0 Å². The van der Waals surface area contributed by atoms with Crippen LogP contribution >= 0.6 is 0 Å². The number of aliphatic hydroxyl groups excluding tert-OH is 1. The van der Waals surface area contributed by atoms with Crippen LogP contribution in [-0.4, -0.2) is 32.1 Å². The predicted octanol–water partition coefficient (Wildman–Crippen LogP) is -0.312. The highest BCUT2D eigenvalue weighted by molar-refractivity contribution is 6.12. The second kappa shape index (κ2) is 3.23. The average molecular weight is 125 g/mol. The van der Waals surface area contributed by atoms with E-state index in [2.05, 4.69) is 5.32 Å². The van der Waals surface area contributed by atoms with Gasteiger partial charge in [0.25, 0.3) is 0 Å². The van der Waals surface area contributed by atoms with Crippen molar-refractivity contribution in [3.63, 3.8) is 0 Å². The minimum absolute atomic E-state index is 0.0139. The summed E-state index contributed by atoms with van der Waals surface area (Å²) in [5, 5.41) is 12.4. The van der Waals surface area contributed by atoms with Crippen molar-refractivity contribution in [3.8, 4) is 0 Å². The van der Waals surface area contributed by atoms with Crippen molar-refractivity contribution in [2.75, 3.05) is 13.1 Å². The fourth-order valence-corrected chi connectivity index (χ4v) is 1.05. The van der Waals surface area contributed by atoms with E-state index >= 15 is 0 Å². The maximum Gasteiger partial charge on any atom is 0.0735 e. The first-order valence-corrected chi connectivity index (χ1v) is 3.45. The predicted molar refractivity (Wildman–Crippen MR) is 37.6 cm³/mol. The normalized spacial score (nSPS) is 37.9. The molecule has 0 aromatic carbocycles. The van der Waals surface area contributed by atoms with Crippen LogP contribution in [0.25, 0.3) is 0 Å². The van der Waals surface area contributed by atoms with Gasteiger partial charge in [-0.2, -0.15) is 0 Å². The highest BCUT2D eigenvalue weighted by Gasteiger charge is 2.15. The van der Waals surface area contributed by atoms with Crippen LogP contribution in [-0.2, 0) is 0 Å². The molecule has 2 atom stereocenters. The summed E-state index contributed by atoms with van der Waals surface area (Å²) in [5.74, 6) is -0.0139. The van der Waals surface area contributed by atoms with Gasteiger partial charge in [0.05, 0.1) is 14.0 Å². The maximum atomic E-state index is 9.19. The Hall–Kier alpha value is -0.0151. The summed E-state index contributed by atoms with van der Waals surface area (Å²) in [4.78, 5) is 0. The SMILES string of the molecule is [B][C@H]1CCNCC[C@@H]1O. The van der Waals surface area contributed by atoms with Crippen LogP contribution in [0.5, 0.6) is 0 Å². The van der Waals surface area contributed by atoms with Crippen molar-refractivity contribution in [3.05, 3.63) is 0 Å². The molecule has 1 heterocycles. The van der Waals surface area contributed by atoms with Gasteiger partial charge in [0.1, 0.15) is 0 Å². The summed E-state index contributed by atoms with van der Waals surface area (Å²) >= 11 is 0. The monoisotopic (exact) mass is 125 g/mol. The van der Waals surface area contributed by atoms with E-state index < -0.39 is 0 Å². The zero-order valence-corrected chi connectivity index (χ0v) is 5.51. The summed E-state index contributed by atoms with van der Waals surface area (Å²) in [6.45, 7) is 1.84. The summed E-state index contributed by atoms with van der Waals surface area (Å²) in [6.07, 6.45) is 1.39. The molecule has 3 heteroatoms. The van der Waals surface area contributed by atoms with Crippen LogP contribution in [0, 0.1) is 0 Å². The first kappa shape index (κ1) is 7.10. The molecule has 0 aliphatic carbocycles. The number of aliphatic hydroxyl groups is 1. The Morgan fingerprint density at radius 3 is 2.78 bits per heavy atom. The van der Waals surface area contributed by atoms with Gasteiger partial charge in [-0.15, -0.1) is 0 Å². The van der Waals surface area contributed by atoms with Gasteiger partial charge in [-0.3, -0.25) is 0 Å². The Bertz CT molecular complexity index is 79.1. The molecule has 2 radical (unpaired) electrons. The van der Waals surface area contributed by atoms with Crippen LogP contribution < -0.4 is 5.32 Å². The summed E-state index contributed by atoms with van der Waals surface area (Å²) in [6, 6.07) is 0. The van der Waals surface area contributed by atoms with Crippen LogP contribution in [0.3, 0.4) is 0 Å². The first-order chi connectivity index (χ1) is 4.30. The lowest BCUT2D eigenvalue weighted by atomic mass is 9.79. The van der Waals surface area contributed by atoms with Gasteiger partial charge in [0.2, 0.25) is 0 Å². The summed E-state index contributed by atoms with van der Waals surface area (Å²) in [5.41, 5.74) is 0. The lowest BCUT2D eigenvalue weighted by molar-refractivity contribution is 0.162. The van der Waals surface area contributed by atoms with Crippen LogP contribution in [0.15, 0.2) is 0 Å². The third-order valence-electron chi connectivity index (χ3n) is 1.77. The van der Waals surface area contributed by atoms with Crippen molar-refractivity contribution in [1.82, 2.24) is 5.32 Å². The fraction of sp³-hybridized carbons (Fsp3) is 1.00. The Morgan fingerprint density at radius 1 is 1.33 bits per heavy atom. The van der Waals surface area contributed by atoms with E-state index in [0.717, 1.165) is 25.9 Å². The van der Waals surface area contributed by atoms with E-state index in [1.807, 2.05) is 0 Å². The molecule has 0 saturated carbocycles. The highest BCUT2D eigenvalue weighted by Crippen LogP contribution is 2.15. The fourth-order valence-electron chi connectivity index (χ4n) is 1.05. The number of rotatable bonds is 0. The molecule has 1 saturated heterocycles. The molecule has 9 heavy (non-hydrogen) atoms. The average Bonchev–Trinajstić information content (AvgIpc) is 1.99. The molecular weight excluding hydrogens is 113 g/mol. The lowest BCUT2D eigenvalue weighted by Crippen LogP contribution is -2.15. The van der Waals surface area contributed by atoms with E-state index in [1.165, 1.54) is 0 Å². The molecule has 1 aliphatic heterocycles. The van der Waals surface area contributed by atoms with E-state index in [1.54, 1.807) is 0 Å². The number of nitrogens with one attached hydrogen (secondary N) is 1. The van der Waals surface area contributed by atoms with Crippen LogP contribution in [0.2, 0.25) is 5.82 Å². The van der Waals surface area contributed by atoms with Crippen molar-refractivity contribution in [2.24, 2.45) is 0 Å². The Kier molecular flexibility index (Phi) is 2.55. The Balaban J connectivity index is 2.32. The van der Waals surface area contributed by atoms with Crippen LogP contribution in [0.1, 0.15) is 12.8 Å². The summed E-state index contributed by atoms with van der Waals surface area (Å²) < 4.78 is 0. The molecule has 1 rings (SSSR count). The zero-order chi connectivity index (χ0) is 6.69. The molecular formula is C6H12BNO. The molecule has 0 aromatic rings. The van der Waals surface area contributed by atoms with E-state index in [4.69, 9.17) is 7.85 Å². The molecule has 2 N–H and O–H groups in total. The zero-order valence-electron chi connectivity index (χ0n) is 5.51. The quantitative estimate of drug-likeness (QED) is 0.435. The van der Waals surface area contributed by atoms with Crippen molar-refractivity contribution >= 4 is 7.85 Å². The third-order valence-corrected chi connectivity index (χ3v) is 1.77. The van der Waals surface area contributed by atoms with Crippen LogP contribution in [0.4, 0.5) is 0 Å². The van der Waals surface area contributed by atoms with E-state index in [-0.39, 0.29) is 11.9 Å². The van der Waals surface area contributed by atoms with Gasteiger partial charge < -0.3 is 10.4 Å². The van der Waals surface area contributed by atoms with Crippen molar-refractivity contribution in [1.29, 1.82) is 0 Å². The molecule has 0 unspecified atom stereocenters. The lowest BCUT2D eigenvalue weighted by Gasteiger charge is -2.13. The molecule has 50 valence electrons.